The Labute approximate surface area is 148 Å². The fourth-order valence-corrected chi connectivity index (χ4v) is 4.27. The van der Waals surface area contributed by atoms with Crippen molar-refractivity contribution in [1.82, 2.24) is 10.2 Å². The van der Waals surface area contributed by atoms with Gasteiger partial charge in [-0.2, -0.15) is 0 Å². The van der Waals surface area contributed by atoms with Gasteiger partial charge in [0.15, 0.2) is 17.5 Å². The van der Waals surface area contributed by atoms with E-state index in [4.69, 9.17) is 21.1 Å². The number of nitrogens with one attached hydrogen (secondary N) is 1. The van der Waals surface area contributed by atoms with Crippen molar-refractivity contribution in [1.29, 1.82) is 0 Å². The summed E-state index contributed by atoms with van der Waals surface area (Å²) in [5.41, 5.74) is 1.64. The maximum atomic E-state index is 6.31. The minimum absolute atomic E-state index is 0.549. The Balaban J connectivity index is 1.41. The molecule has 2 aliphatic heterocycles. The van der Waals surface area contributed by atoms with Crippen molar-refractivity contribution in [3.63, 3.8) is 0 Å². The Morgan fingerprint density at radius 3 is 2.83 bits per heavy atom. The van der Waals surface area contributed by atoms with E-state index in [1.54, 1.807) is 0 Å². The molecule has 1 spiro atoms. The average molecular weight is 350 g/mol. The zero-order chi connectivity index (χ0) is 16.6. The molecule has 5 nitrogen and oxygen atoms in total. The molecule has 1 aromatic carbocycles. The summed E-state index contributed by atoms with van der Waals surface area (Å²) < 4.78 is 11.2. The van der Waals surface area contributed by atoms with Crippen LogP contribution in [0, 0.1) is 5.41 Å². The summed E-state index contributed by atoms with van der Waals surface area (Å²) in [5, 5.41) is 4.07. The number of hydrogen-bond donors (Lipinski definition) is 1. The van der Waals surface area contributed by atoms with Gasteiger partial charge >= 0.3 is 0 Å². The van der Waals surface area contributed by atoms with Crippen molar-refractivity contribution in [2.24, 2.45) is 10.4 Å². The van der Waals surface area contributed by atoms with Crippen LogP contribution in [0.4, 0.5) is 0 Å². The monoisotopic (exact) mass is 349 g/mol. The zero-order valence-electron chi connectivity index (χ0n) is 14.1. The molecule has 0 radical (unpaired) electrons. The molecule has 1 N–H and O–H groups in total. The van der Waals surface area contributed by atoms with Crippen LogP contribution in [0.1, 0.15) is 31.2 Å². The Morgan fingerprint density at radius 2 is 2.12 bits per heavy atom. The van der Waals surface area contributed by atoms with E-state index in [2.05, 4.69) is 15.2 Å². The normalized spacial score (nSPS) is 21.8. The molecule has 2 fully saturated rings. The van der Waals surface area contributed by atoms with Crippen molar-refractivity contribution >= 4 is 17.6 Å². The van der Waals surface area contributed by atoms with Crippen LogP contribution >= 0.6 is 11.6 Å². The largest absolute Gasteiger partial charge is 0.486 e. The topological polar surface area (TPSA) is 46.1 Å². The summed E-state index contributed by atoms with van der Waals surface area (Å²) in [5.74, 6) is 2.36. The summed E-state index contributed by atoms with van der Waals surface area (Å²) in [6.07, 6.45) is 5.43. The van der Waals surface area contributed by atoms with E-state index < -0.39 is 0 Å². The summed E-state index contributed by atoms with van der Waals surface area (Å²) >= 11 is 6.31. The Hall–Kier alpha value is -1.62. The number of hydrogen-bond acceptors (Lipinski definition) is 3. The minimum Gasteiger partial charge on any atom is -0.486 e. The number of aliphatic imine (C=N–C) groups is 1. The standard InChI is InChI=1S/C18H24ClN3O2/c1-20-17(22-6-5-18(12-22)3-2-4-18)21-11-13-9-14(19)16-15(10-13)23-7-8-24-16/h9-10H,2-8,11-12H2,1H3,(H,20,21). The molecule has 1 aliphatic carbocycles. The summed E-state index contributed by atoms with van der Waals surface area (Å²) in [6, 6.07) is 3.94. The highest BCUT2D eigenvalue weighted by atomic mass is 35.5. The summed E-state index contributed by atoms with van der Waals surface area (Å²) in [6.45, 7) is 4.02. The molecular weight excluding hydrogens is 326 g/mol. The number of ether oxygens (including phenoxy) is 2. The molecule has 0 unspecified atom stereocenters. The van der Waals surface area contributed by atoms with E-state index >= 15 is 0 Å². The summed E-state index contributed by atoms with van der Waals surface area (Å²) in [7, 11) is 1.85. The van der Waals surface area contributed by atoms with E-state index in [1.165, 1.54) is 25.7 Å². The molecule has 6 heteroatoms. The van der Waals surface area contributed by atoms with Crippen molar-refractivity contribution in [2.45, 2.75) is 32.2 Å². The second-order valence-corrected chi connectivity index (χ2v) is 7.43. The second kappa shape index (κ2) is 6.36. The molecule has 2 heterocycles. The predicted octanol–water partition coefficient (Wildman–Crippen LogP) is 3.06. The van der Waals surface area contributed by atoms with Crippen molar-refractivity contribution in [3.05, 3.63) is 22.7 Å². The SMILES string of the molecule is CN=C(NCc1cc(Cl)c2c(c1)OCCO2)N1CCC2(CCC2)C1. The lowest BCUT2D eigenvalue weighted by Gasteiger charge is -2.38. The van der Waals surface area contributed by atoms with E-state index in [1.807, 2.05) is 19.2 Å². The Morgan fingerprint density at radius 1 is 1.29 bits per heavy atom. The second-order valence-electron chi connectivity index (χ2n) is 7.03. The first-order chi connectivity index (χ1) is 11.7. The number of guanidine groups is 1. The highest BCUT2D eigenvalue weighted by molar-refractivity contribution is 6.32. The molecule has 1 saturated heterocycles. The Kier molecular flexibility index (Phi) is 4.21. The van der Waals surface area contributed by atoms with Crippen LogP contribution in [0.3, 0.4) is 0 Å². The fourth-order valence-electron chi connectivity index (χ4n) is 3.98. The van der Waals surface area contributed by atoms with Gasteiger partial charge in [-0.05, 0) is 42.4 Å². The molecule has 0 bridgehead atoms. The molecule has 0 amide bonds. The van der Waals surface area contributed by atoms with Crippen molar-refractivity contribution in [3.8, 4) is 11.5 Å². The highest BCUT2D eigenvalue weighted by Gasteiger charge is 2.43. The summed E-state index contributed by atoms with van der Waals surface area (Å²) in [4.78, 5) is 6.85. The van der Waals surface area contributed by atoms with Gasteiger partial charge in [0, 0.05) is 26.7 Å². The fraction of sp³-hybridized carbons (Fsp3) is 0.611. The lowest BCUT2D eigenvalue weighted by atomic mass is 9.68. The van der Waals surface area contributed by atoms with E-state index in [0.29, 0.717) is 35.9 Å². The van der Waals surface area contributed by atoms with Crippen LogP contribution < -0.4 is 14.8 Å². The minimum atomic E-state index is 0.549. The number of rotatable bonds is 2. The predicted molar refractivity (Wildman–Crippen MR) is 95.1 cm³/mol. The number of likely N-dealkylation sites (tertiary alicyclic amines) is 1. The third-order valence-electron chi connectivity index (χ3n) is 5.47. The van der Waals surface area contributed by atoms with Gasteiger partial charge in [-0.3, -0.25) is 4.99 Å². The van der Waals surface area contributed by atoms with Crippen LogP contribution in [0.25, 0.3) is 0 Å². The molecule has 3 aliphatic rings. The molecule has 1 aromatic rings. The maximum Gasteiger partial charge on any atom is 0.193 e. The van der Waals surface area contributed by atoms with Gasteiger partial charge in [-0.25, -0.2) is 0 Å². The van der Waals surface area contributed by atoms with Gasteiger partial charge in [-0.1, -0.05) is 18.0 Å². The van der Waals surface area contributed by atoms with E-state index in [-0.39, 0.29) is 0 Å². The number of nitrogens with zero attached hydrogens (tertiary/aromatic N) is 2. The van der Waals surface area contributed by atoms with Gasteiger partial charge in [0.25, 0.3) is 0 Å². The lowest BCUT2D eigenvalue weighted by Crippen LogP contribution is -2.42. The first kappa shape index (κ1) is 15.9. The third kappa shape index (κ3) is 2.90. The highest BCUT2D eigenvalue weighted by Crippen LogP contribution is 2.47. The Bertz CT molecular complexity index is 658. The molecule has 130 valence electrons. The maximum absolute atomic E-state index is 6.31. The smallest absolute Gasteiger partial charge is 0.193 e. The number of fused-ring (bicyclic) bond motifs is 1. The molecular formula is C18H24ClN3O2. The van der Waals surface area contributed by atoms with Crippen LogP contribution in [0.5, 0.6) is 11.5 Å². The van der Waals surface area contributed by atoms with Gasteiger partial charge in [0.05, 0.1) is 5.02 Å². The van der Waals surface area contributed by atoms with Gasteiger partial charge in [-0.15, -0.1) is 0 Å². The first-order valence-corrected chi connectivity index (χ1v) is 9.11. The average Bonchev–Trinajstić information content (AvgIpc) is 3.01. The van der Waals surface area contributed by atoms with Crippen molar-refractivity contribution < 1.29 is 9.47 Å². The first-order valence-electron chi connectivity index (χ1n) is 8.73. The molecule has 4 rings (SSSR count). The van der Waals surface area contributed by atoms with Gasteiger partial charge in [0.2, 0.25) is 0 Å². The third-order valence-corrected chi connectivity index (χ3v) is 5.75. The molecule has 1 saturated carbocycles. The van der Waals surface area contributed by atoms with Crippen LogP contribution in [0.2, 0.25) is 5.02 Å². The number of benzene rings is 1. The van der Waals surface area contributed by atoms with E-state index in [9.17, 15) is 0 Å². The zero-order valence-corrected chi connectivity index (χ0v) is 14.9. The van der Waals surface area contributed by atoms with Crippen LogP contribution in [0.15, 0.2) is 17.1 Å². The molecule has 0 aromatic heterocycles. The van der Waals surface area contributed by atoms with E-state index in [0.717, 1.165) is 30.4 Å². The van der Waals surface area contributed by atoms with Gasteiger partial charge in [0.1, 0.15) is 13.2 Å². The quantitative estimate of drug-likeness (QED) is 0.658. The molecule has 0 atom stereocenters. The number of halogens is 1. The van der Waals surface area contributed by atoms with Gasteiger partial charge < -0.3 is 19.7 Å². The van der Waals surface area contributed by atoms with Crippen LogP contribution in [-0.4, -0.2) is 44.2 Å². The lowest BCUT2D eigenvalue weighted by molar-refractivity contribution is 0.151. The van der Waals surface area contributed by atoms with Crippen molar-refractivity contribution in [2.75, 3.05) is 33.4 Å². The molecule has 24 heavy (non-hydrogen) atoms. The van der Waals surface area contributed by atoms with Crippen LogP contribution in [-0.2, 0) is 6.54 Å².